The number of phenols is 1. The average Bonchev–Trinajstić information content (AvgIpc) is 3.07. The van der Waals surface area contributed by atoms with Gasteiger partial charge in [0.25, 0.3) is 0 Å². The molecule has 0 saturated heterocycles. The molecule has 2 aromatic heterocycles. The van der Waals surface area contributed by atoms with Crippen LogP contribution in [0.4, 0.5) is 0 Å². The fraction of sp³-hybridized carbons (Fsp3) is 0.222. The number of carbonyl (C=O) groups excluding carboxylic acids is 1. The second-order valence-corrected chi connectivity index (χ2v) is 5.45. The van der Waals surface area contributed by atoms with Crippen molar-refractivity contribution < 1.29 is 14.4 Å². The Bertz CT molecular complexity index is 838. The summed E-state index contributed by atoms with van der Waals surface area (Å²) in [5.41, 5.74) is 4.87. The van der Waals surface area contributed by atoms with Gasteiger partial charge in [-0.15, -0.1) is 0 Å². The quantitative estimate of drug-likeness (QED) is 0.740. The van der Waals surface area contributed by atoms with E-state index >= 15 is 0 Å². The van der Waals surface area contributed by atoms with Crippen molar-refractivity contribution in [1.82, 2.24) is 9.72 Å². The van der Waals surface area contributed by atoms with Crippen molar-refractivity contribution in [1.29, 1.82) is 0 Å². The summed E-state index contributed by atoms with van der Waals surface area (Å²) < 4.78 is 7.20. The van der Waals surface area contributed by atoms with E-state index in [1.165, 1.54) is 0 Å². The van der Waals surface area contributed by atoms with Crippen molar-refractivity contribution in [2.75, 3.05) is 0 Å². The molecule has 0 aliphatic carbocycles. The maximum Gasteiger partial charge on any atom is 0.167 e. The van der Waals surface area contributed by atoms with Gasteiger partial charge in [-0.2, -0.15) is 0 Å². The van der Waals surface area contributed by atoms with Crippen LogP contribution in [0, 0.1) is 13.8 Å². The highest BCUT2D eigenvalue weighted by molar-refractivity contribution is 5.96. The van der Waals surface area contributed by atoms with E-state index in [1.54, 1.807) is 12.1 Å². The highest BCUT2D eigenvalue weighted by atomic mass is 16.5. The number of hydrogen-bond donors (Lipinski definition) is 1. The zero-order valence-corrected chi connectivity index (χ0v) is 13.3. The number of benzene rings is 1. The molecule has 0 atom stereocenters. The summed E-state index contributed by atoms with van der Waals surface area (Å²) in [6.45, 7) is 6.38. The number of rotatable bonds is 4. The van der Waals surface area contributed by atoms with Gasteiger partial charge < -0.3 is 14.2 Å². The van der Waals surface area contributed by atoms with E-state index in [9.17, 15) is 9.90 Å². The van der Waals surface area contributed by atoms with Gasteiger partial charge in [-0.3, -0.25) is 4.79 Å². The van der Waals surface area contributed by atoms with Gasteiger partial charge in [0.2, 0.25) is 0 Å². The molecule has 0 amide bonds. The summed E-state index contributed by atoms with van der Waals surface area (Å²) in [5.74, 6) is 0.887. The minimum atomic E-state index is 0.207. The molecule has 23 heavy (non-hydrogen) atoms. The first-order valence-corrected chi connectivity index (χ1v) is 7.47. The molecule has 0 spiro atoms. The summed E-state index contributed by atoms with van der Waals surface area (Å²) in [6, 6.07) is 6.94. The zero-order valence-electron chi connectivity index (χ0n) is 13.3. The average molecular weight is 310 g/mol. The summed E-state index contributed by atoms with van der Waals surface area (Å²) >= 11 is 0. The van der Waals surface area contributed by atoms with Crippen LogP contribution in [0.5, 0.6) is 5.75 Å². The Morgan fingerprint density at radius 2 is 1.91 bits per heavy atom. The third-order valence-corrected chi connectivity index (χ3v) is 4.03. The zero-order chi connectivity index (χ0) is 16.6. The summed E-state index contributed by atoms with van der Waals surface area (Å²) in [4.78, 5) is 11.7. The number of carbonyl (C=O) groups is 1. The summed E-state index contributed by atoms with van der Waals surface area (Å²) in [6.07, 6.45) is 2.83. The second-order valence-electron chi connectivity index (χ2n) is 5.45. The minimum absolute atomic E-state index is 0.207. The van der Waals surface area contributed by atoms with Crippen molar-refractivity contribution in [2.45, 2.75) is 27.3 Å². The first kappa shape index (κ1) is 15.1. The van der Waals surface area contributed by atoms with Crippen molar-refractivity contribution in [3.63, 3.8) is 0 Å². The largest absolute Gasteiger partial charge is 0.508 e. The van der Waals surface area contributed by atoms with Gasteiger partial charge in [0, 0.05) is 23.9 Å². The van der Waals surface area contributed by atoms with Crippen LogP contribution in [0.25, 0.3) is 22.3 Å². The van der Waals surface area contributed by atoms with E-state index in [0.29, 0.717) is 18.0 Å². The lowest BCUT2D eigenvalue weighted by molar-refractivity contribution is 0.111. The summed E-state index contributed by atoms with van der Waals surface area (Å²) in [7, 11) is 0. The number of aldehydes is 1. The van der Waals surface area contributed by atoms with Gasteiger partial charge >= 0.3 is 0 Å². The predicted molar refractivity (Wildman–Crippen MR) is 87.6 cm³/mol. The second kappa shape index (κ2) is 5.76. The van der Waals surface area contributed by atoms with Gasteiger partial charge in [-0.05, 0) is 38.5 Å². The first-order valence-electron chi connectivity index (χ1n) is 7.47. The number of aromatic nitrogens is 2. The van der Waals surface area contributed by atoms with E-state index in [1.807, 2.05) is 43.7 Å². The lowest BCUT2D eigenvalue weighted by atomic mass is 9.96. The van der Waals surface area contributed by atoms with Gasteiger partial charge in [-0.1, -0.05) is 17.3 Å². The molecule has 0 unspecified atom stereocenters. The smallest absolute Gasteiger partial charge is 0.167 e. The first-order chi connectivity index (χ1) is 11.1. The highest BCUT2D eigenvalue weighted by Crippen LogP contribution is 2.39. The van der Waals surface area contributed by atoms with Crippen molar-refractivity contribution in [2.24, 2.45) is 0 Å². The fourth-order valence-electron chi connectivity index (χ4n) is 2.92. The van der Waals surface area contributed by atoms with Crippen LogP contribution in [0.3, 0.4) is 0 Å². The van der Waals surface area contributed by atoms with Crippen molar-refractivity contribution >= 4 is 6.29 Å². The number of nitrogens with zero attached hydrogens (tertiary/aromatic N) is 2. The van der Waals surface area contributed by atoms with E-state index < -0.39 is 0 Å². The number of phenolic OH excluding ortho intramolecular Hbond substituents is 1. The SMILES string of the molecule is CCn1cc(-c2ccc(O)cc2)c(-c2c(C)noc2C)c1C=O. The van der Waals surface area contributed by atoms with Gasteiger partial charge in [0.1, 0.15) is 11.5 Å². The Morgan fingerprint density at radius 3 is 2.43 bits per heavy atom. The molecular formula is C18H18N2O3. The van der Waals surface area contributed by atoms with Crippen LogP contribution >= 0.6 is 0 Å². The Kier molecular flexibility index (Phi) is 3.78. The van der Waals surface area contributed by atoms with Gasteiger partial charge in [0.15, 0.2) is 6.29 Å². The molecule has 118 valence electrons. The lowest BCUT2D eigenvalue weighted by Crippen LogP contribution is -1.99. The van der Waals surface area contributed by atoms with Crippen LogP contribution in [0.15, 0.2) is 35.0 Å². The molecule has 5 heteroatoms. The maximum absolute atomic E-state index is 11.7. The summed E-state index contributed by atoms with van der Waals surface area (Å²) in [5, 5.41) is 13.5. The number of aromatic hydroxyl groups is 1. The van der Waals surface area contributed by atoms with Crippen molar-refractivity contribution in [3.05, 3.63) is 47.6 Å². The van der Waals surface area contributed by atoms with Crippen LogP contribution in [-0.4, -0.2) is 21.1 Å². The molecule has 0 fully saturated rings. The number of hydrogen-bond acceptors (Lipinski definition) is 4. The Morgan fingerprint density at radius 1 is 1.22 bits per heavy atom. The maximum atomic E-state index is 11.7. The predicted octanol–water partition coefficient (Wildman–Crippen LogP) is 3.96. The fourth-order valence-corrected chi connectivity index (χ4v) is 2.92. The van der Waals surface area contributed by atoms with E-state index in [-0.39, 0.29) is 5.75 Å². The molecule has 5 nitrogen and oxygen atoms in total. The molecule has 2 heterocycles. The van der Waals surface area contributed by atoms with Crippen molar-refractivity contribution in [3.8, 4) is 28.0 Å². The van der Waals surface area contributed by atoms with Crippen LogP contribution < -0.4 is 0 Å². The number of aryl methyl sites for hydroxylation is 3. The minimum Gasteiger partial charge on any atom is -0.508 e. The molecule has 1 N–H and O–H groups in total. The monoisotopic (exact) mass is 310 g/mol. The topological polar surface area (TPSA) is 68.3 Å². The molecule has 0 aliphatic rings. The van der Waals surface area contributed by atoms with Gasteiger partial charge in [-0.25, -0.2) is 0 Å². The molecule has 1 aromatic carbocycles. The molecular weight excluding hydrogens is 292 g/mol. The van der Waals surface area contributed by atoms with Gasteiger partial charge in [0.05, 0.1) is 17.0 Å². The Labute approximate surface area is 134 Å². The lowest BCUT2D eigenvalue weighted by Gasteiger charge is -2.06. The highest BCUT2D eigenvalue weighted by Gasteiger charge is 2.23. The molecule has 0 radical (unpaired) electrons. The standard InChI is InChI=1S/C18H18N2O3/c1-4-20-9-15(13-5-7-14(22)8-6-13)18(16(20)10-21)17-11(2)19-23-12(17)3/h5-10,22H,4H2,1-3H3. The Balaban J connectivity index is 2.34. The van der Waals surface area contributed by atoms with E-state index in [2.05, 4.69) is 5.16 Å². The van der Waals surface area contributed by atoms with Crippen LogP contribution in [-0.2, 0) is 6.54 Å². The molecule has 0 saturated carbocycles. The molecule has 0 bridgehead atoms. The third kappa shape index (κ3) is 2.44. The van der Waals surface area contributed by atoms with E-state index in [4.69, 9.17) is 4.52 Å². The van der Waals surface area contributed by atoms with Crippen LogP contribution in [0.2, 0.25) is 0 Å². The molecule has 0 aliphatic heterocycles. The normalized spacial score (nSPS) is 10.9. The van der Waals surface area contributed by atoms with E-state index in [0.717, 1.165) is 34.2 Å². The van der Waals surface area contributed by atoms with Crippen LogP contribution in [0.1, 0.15) is 28.9 Å². The molecule has 3 aromatic rings. The third-order valence-electron chi connectivity index (χ3n) is 4.03. The Hall–Kier alpha value is -2.82. The molecule has 3 rings (SSSR count).